The van der Waals surface area contributed by atoms with Gasteiger partial charge in [-0.25, -0.2) is 8.78 Å². The van der Waals surface area contributed by atoms with E-state index in [1.54, 1.807) is 12.1 Å². The van der Waals surface area contributed by atoms with Gasteiger partial charge in [-0.1, -0.05) is 29.8 Å². The van der Waals surface area contributed by atoms with Gasteiger partial charge in [0.1, 0.15) is 11.6 Å². The van der Waals surface area contributed by atoms with Crippen molar-refractivity contribution in [1.82, 2.24) is 9.80 Å². The molecule has 0 spiro atoms. The van der Waals surface area contributed by atoms with Gasteiger partial charge >= 0.3 is 0 Å². The molecule has 0 radical (unpaired) electrons. The molecular formula is C25H25ClF2N2O2S. The third-order valence-electron chi connectivity index (χ3n) is 5.87. The molecule has 2 heterocycles. The van der Waals surface area contributed by atoms with Crippen molar-refractivity contribution in [3.8, 4) is 0 Å². The number of carbonyl (C=O) groups is 1. The van der Waals surface area contributed by atoms with Gasteiger partial charge in [0.05, 0.1) is 17.6 Å². The Bertz CT molecular complexity index is 1080. The Morgan fingerprint density at radius 2 is 1.73 bits per heavy atom. The number of thiophene rings is 1. The number of ether oxygens (including phenoxy) is 1. The molecule has 1 aromatic heterocycles. The van der Waals surface area contributed by atoms with Crippen LogP contribution in [0.2, 0.25) is 5.02 Å². The third-order valence-corrected chi connectivity index (χ3v) is 7.13. The zero-order valence-corrected chi connectivity index (χ0v) is 19.8. The highest BCUT2D eigenvalue weighted by Crippen LogP contribution is 2.25. The van der Waals surface area contributed by atoms with E-state index >= 15 is 0 Å². The molecule has 1 aliphatic heterocycles. The van der Waals surface area contributed by atoms with Gasteiger partial charge in [0.15, 0.2) is 0 Å². The number of aryl methyl sites for hydroxylation is 1. The van der Waals surface area contributed by atoms with Crippen LogP contribution < -0.4 is 0 Å². The summed E-state index contributed by atoms with van der Waals surface area (Å²) in [4.78, 5) is 17.7. The van der Waals surface area contributed by atoms with E-state index in [4.69, 9.17) is 16.3 Å². The molecule has 0 aliphatic carbocycles. The van der Waals surface area contributed by atoms with Gasteiger partial charge in [0.25, 0.3) is 5.91 Å². The Labute approximate surface area is 201 Å². The predicted molar refractivity (Wildman–Crippen MR) is 127 cm³/mol. The SMILES string of the molecule is Cc1ccsc1C(=O)N1CCN(CC(OCc2c(F)cccc2F)c2ccc(Cl)cc2)CC1. The molecule has 4 nitrogen and oxygen atoms in total. The highest BCUT2D eigenvalue weighted by molar-refractivity contribution is 7.12. The van der Waals surface area contributed by atoms with Gasteiger partial charge in [-0.05, 0) is 53.8 Å². The number of piperazine rings is 1. The average Bonchev–Trinajstić information content (AvgIpc) is 3.24. The summed E-state index contributed by atoms with van der Waals surface area (Å²) in [5.74, 6) is -1.18. The minimum atomic E-state index is -0.624. The molecule has 174 valence electrons. The Hall–Kier alpha value is -2.32. The monoisotopic (exact) mass is 490 g/mol. The maximum absolute atomic E-state index is 14.1. The molecule has 3 aromatic rings. The van der Waals surface area contributed by atoms with E-state index in [1.807, 2.05) is 35.4 Å². The molecule has 1 saturated heterocycles. The van der Waals surface area contributed by atoms with Crippen molar-refractivity contribution >= 4 is 28.8 Å². The quantitative estimate of drug-likeness (QED) is 0.425. The third kappa shape index (κ3) is 5.79. The van der Waals surface area contributed by atoms with Crippen LogP contribution in [0.25, 0.3) is 0 Å². The van der Waals surface area contributed by atoms with Crippen LogP contribution in [0.1, 0.15) is 32.5 Å². The fourth-order valence-electron chi connectivity index (χ4n) is 3.89. The van der Waals surface area contributed by atoms with Crippen molar-refractivity contribution in [3.05, 3.63) is 92.1 Å². The van der Waals surface area contributed by atoms with Crippen molar-refractivity contribution in [2.75, 3.05) is 32.7 Å². The van der Waals surface area contributed by atoms with Crippen LogP contribution in [0.4, 0.5) is 8.78 Å². The number of hydrogen-bond donors (Lipinski definition) is 0. The smallest absolute Gasteiger partial charge is 0.264 e. The van der Waals surface area contributed by atoms with E-state index in [1.165, 1.54) is 29.5 Å². The summed E-state index contributed by atoms with van der Waals surface area (Å²) < 4.78 is 34.2. The fourth-order valence-corrected chi connectivity index (χ4v) is 4.91. The lowest BCUT2D eigenvalue weighted by Gasteiger charge is -2.36. The highest BCUT2D eigenvalue weighted by atomic mass is 35.5. The van der Waals surface area contributed by atoms with Crippen molar-refractivity contribution in [1.29, 1.82) is 0 Å². The Kier molecular flexibility index (Phi) is 7.75. The van der Waals surface area contributed by atoms with Crippen LogP contribution in [0, 0.1) is 18.6 Å². The Morgan fingerprint density at radius 1 is 1.06 bits per heavy atom. The van der Waals surface area contributed by atoms with Crippen LogP contribution in [-0.2, 0) is 11.3 Å². The van der Waals surface area contributed by atoms with Gasteiger partial charge in [0, 0.05) is 43.3 Å². The zero-order chi connectivity index (χ0) is 23.4. The van der Waals surface area contributed by atoms with Crippen molar-refractivity contribution in [2.24, 2.45) is 0 Å². The van der Waals surface area contributed by atoms with E-state index in [0.29, 0.717) is 37.7 Å². The number of hydrogen-bond acceptors (Lipinski definition) is 4. The first kappa shape index (κ1) is 23.8. The van der Waals surface area contributed by atoms with Crippen LogP contribution in [-0.4, -0.2) is 48.4 Å². The highest BCUT2D eigenvalue weighted by Gasteiger charge is 2.26. The van der Waals surface area contributed by atoms with E-state index < -0.39 is 17.7 Å². The second-order valence-electron chi connectivity index (χ2n) is 8.08. The van der Waals surface area contributed by atoms with Crippen molar-refractivity contribution in [2.45, 2.75) is 19.6 Å². The maximum atomic E-state index is 14.1. The van der Waals surface area contributed by atoms with Crippen molar-refractivity contribution < 1.29 is 18.3 Å². The predicted octanol–water partition coefficient (Wildman–Crippen LogP) is 5.70. The standard InChI is InChI=1S/C25H25ClF2N2O2S/c1-17-9-14-33-24(17)25(31)30-12-10-29(11-13-30)15-23(18-5-7-19(26)8-6-18)32-16-20-21(27)3-2-4-22(20)28/h2-9,14,23H,10-13,15-16H2,1H3. The van der Waals surface area contributed by atoms with Gasteiger partial charge in [-0.15, -0.1) is 11.3 Å². The van der Waals surface area contributed by atoms with Gasteiger partial charge < -0.3 is 9.64 Å². The molecule has 4 rings (SSSR count). The van der Waals surface area contributed by atoms with Crippen LogP contribution in [0.3, 0.4) is 0 Å². The molecule has 1 unspecified atom stereocenters. The summed E-state index contributed by atoms with van der Waals surface area (Å²) in [7, 11) is 0. The van der Waals surface area contributed by atoms with E-state index in [2.05, 4.69) is 4.90 Å². The number of rotatable bonds is 7. The summed E-state index contributed by atoms with van der Waals surface area (Å²) in [5, 5.41) is 2.54. The molecular weight excluding hydrogens is 466 g/mol. The number of carbonyl (C=O) groups excluding carboxylic acids is 1. The van der Waals surface area contributed by atoms with Crippen LogP contribution in [0.5, 0.6) is 0 Å². The largest absolute Gasteiger partial charge is 0.367 e. The summed E-state index contributed by atoms with van der Waals surface area (Å²) in [5.41, 5.74) is 1.80. The van der Waals surface area contributed by atoms with Crippen LogP contribution in [0.15, 0.2) is 53.9 Å². The fraction of sp³-hybridized carbons (Fsp3) is 0.320. The molecule has 0 saturated carbocycles. The lowest BCUT2D eigenvalue weighted by Crippen LogP contribution is -2.49. The Balaban J connectivity index is 1.42. The molecule has 33 heavy (non-hydrogen) atoms. The summed E-state index contributed by atoms with van der Waals surface area (Å²) in [6, 6.07) is 13.0. The summed E-state index contributed by atoms with van der Waals surface area (Å²) in [6.07, 6.45) is -0.400. The molecule has 0 N–H and O–H groups in total. The lowest BCUT2D eigenvalue weighted by molar-refractivity contribution is 0.00149. The zero-order valence-electron chi connectivity index (χ0n) is 18.3. The lowest BCUT2D eigenvalue weighted by atomic mass is 10.1. The molecule has 1 fully saturated rings. The van der Waals surface area contributed by atoms with Gasteiger partial charge in [-0.2, -0.15) is 0 Å². The average molecular weight is 491 g/mol. The topological polar surface area (TPSA) is 32.8 Å². The first-order chi connectivity index (χ1) is 15.9. The van der Waals surface area contributed by atoms with Crippen LogP contribution >= 0.6 is 22.9 Å². The summed E-state index contributed by atoms with van der Waals surface area (Å²) in [6.45, 7) is 4.93. The number of halogens is 3. The minimum Gasteiger partial charge on any atom is -0.367 e. The normalized spacial score (nSPS) is 15.6. The van der Waals surface area contributed by atoms with E-state index in [0.717, 1.165) is 16.0 Å². The molecule has 8 heteroatoms. The number of nitrogens with zero attached hydrogens (tertiary/aromatic N) is 2. The second kappa shape index (κ2) is 10.7. The van der Waals surface area contributed by atoms with E-state index in [-0.39, 0.29) is 18.1 Å². The molecule has 0 bridgehead atoms. The molecule has 2 aromatic carbocycles. The minimum absolute atomic E-state index is 0.0719. The van der Waals surface area contributed by atoms with Gasteiger partial charge in [-0.3, -0.25) is 9.69 Å². The number of amides is 1. The maximum Gasteiger partial charge on any atom is 0.264 e. The number of benzene rings is 2. The molecule has 1 amide bonds. The molecule has 1 aliphatic rings. The van der Waals surface area contributed by atoms with E-state index in [9.17, 15) is 13.6 Å². The summed E-state index contributed by atoms with van der Waals surface area (Å²) >= 11 is 7.51. The second-order valence-corrected chi connectivity index (χ2v) is 9.43. The first-order valence-electron chi connectivity index (χ1n) is 10.8. The molecule has 1 atom stereocenters. The van der Waals surface area contributed by atoms with Crippen molar-refractivity contribution in [3.63, 3.8) is 0 Å². The Morgan fingerprint density at radius 3 is 2.33 bits per heavy atom. The first-order valence-corrected chi connectivity index (χ1v) is 12.0. The van der Waals surface area contributed by atoms with Gasteiger partial charge in [0.2, 0.25) is 0 Å².